The molecule has 0 fully saturated rings. The van der Waals surface area contributed by atoms with Crippen molar-refractivity contribution in [3.63, 3.8) is 0 Å². The molecule has 2 aromatic rings. The van der Waals surface area contributed by atoms with Crippen LogP contribution in [0.1, 0.15) is 0 Å². The molecule has 0 unspecified atom stereocenters. The van der Waals surface area contributed by atoms with Crippen molar-refractivity contribution in [3.05, 3.63) is 32.9 Å². The van der Waals surface area contributed by atoms with Crippen molar-refractivity contribution in [2.45, 2.75) is 0 Å². The minimum absolute atomic E-state index is 0.00521. The van der Waals surface area contributed by atoms with Gasteiger partial charge in [-0.05, 0) is 33.6 Å². The van der Waals surface area contributed by atoms with Gasteiger partial charge in [0.1, 0.15) is 5.52 Å². The number of benzene rings is 1. The topological polar surface area (TPSA) is 25.8 Å². The molecular weight excluding hydrogens is 294 g/mol. The van der Waals surface area contributed by atoms with E-state index in [0.717, 1.165) is 0 Å². The van der Waals surface area contributed by atoms with Crippen LogP contribution in [0.4, 0.5) is 4.39 Å². The Morgan fingerprint density at radius 2 is 2.07 bits per heavy atom. The number of nitrogens with zero attached hydrogens (tertiary/aromatic N) is 2. The third-order valence-electron chi connectivity index (χ3n) is 1.68. The summed E-state index contributed by atoms with van der Waals surface area (Å²) in [4.78, 5) is 7.50. The molecule has 14 heavy (non-hydrogen) atoms. The van der Waals surface area contributed by atoms with E-state index in [9.17, 15) is 4.39 Å². The smallest absolute Gasteiger partial charge is 0.223 e. The molecule has 0 aliphatic carbocycles. The summed E-state index contributed by atoms with van der Waals surface area (Å²) >= 11 is 14.3. The quantitative estimate of drug-likeness (QED) is 0.545. The van der Waals surface area contributed by atoms with Crippen LogP contribution in [0.5, 0.6) is 0 Å². The molecule has 0 aliphatic rings. The first-order chi connectivity index (χ1) is 6.59. The third kappa shape index (κ3) is 1.58. The summed E-state index contributed by atoms with van der Waals surface area (Å²) in [7, 11) is 0. The van der Waals surface area contributed by atoms with Crippen molar-refractivity contribution in [3.8, 4) is 0 Å². The number of halogens is 4. The van der Waals surface area contributed by atoms with E-state index in [2.05, 4.69) is 25.9 Å². The largest absolute Gasteiger partial charge is 0.226 e. The predicted molar refractivity (Wildman–Crippen MR) is 57.2 cm³/mol. The Morgan fingerprint density at radius 1 is 1.36 bits per heavy atom. The van der Waals surface area contributed by atoms with Crippen LogP contribution in [0.3, 0.4) is 0 Å². The molecule has 0 N–H and O–H groups in total. The second kappa shape index (κ2) is 3.61. The van der Waals surface area contributed by atoms with Crippen LogP contribution in [-0.4, -0.2) is 9.97 Å². The van der Waals surface area contributed by atoms with Crippen molar-refractivity contribution in [2.75, 3.05) is 0 Å². The van der Waals surface area contributed by atoms with E-state index in [-0.39, 0.29) is 20.3 Å². The number of rotatable bonds is 0. The van der Waals surface area contributed by atoms with Gasteiger partial charge in [-0.2, -0.15) is 0 Å². The van der Waals surface area contributed by atoms with Crippen molar-refractivity contribution in [2.24, 2.45) is 0 Å². The Hall–Kier alpha value is -0.450. The van der Waals surface area contributed by atoms with Crippen molar-refractivity contribution < 1.29 is 4.39 Å². The van der Waals surface area contributed by atoms with Gasteiger partial charge < -0.3 is 0 Å². The lowest BCUT2D eigenvalue weighted by Crippen LogP contribution is -1.90. The molecule has 2 nitrogen and oxygen atoms in total. The summed E-state index contributed by atoms with van der Waals surface area (Å²) < 4.78 is 13.7. The van der Waals surface area contributed by atoms with E-state index >= 15 is 0 Å². The highest BCUT2D eigenvalue weighted by molar-refractivity contribution is 9.10. The number of fused-ring (bicyclic) bond motifs is 1. The Bertz CT molecular complexity index is 518. The molecule has 0 spiro atoms. The van der Waals surface area contributed by atoms with Gasteiger partial charge in [-0.25, -0.2) is 14.4 Å². The molecule has 0 aliphatic heterocycles. The minimum atomic E-state index is -0.531. The summed E-state index contributed by atoms with van der Waals surface area (Å²) in [6.07, 6.45) is 1.42. The standard InChI is InChI=1S/C8H2BrCl2FN2/c9-5-4(10)1-3-2-13-8(11)14-7(3)6(5)12/h1-2H. The fraction of sp³-hybridized carbons (Fsp3) is 0. The van der Waals surface area contributed by atoms with Crippen LogP contribution in [0.25, 0.3) is 10.9 Å². The molecule has 0 radical (unpaired) electrons. The fourth-order valence-corrected chi connectivity index (χ4v) is 1.70. The van der Waals surface area contributed by atoms with Gasteiger partial charge in [0.2, 0.25) is 5.28 Å². The zero-order valence-corrected chi connectivity index (χ0v) is 9.66. The van der Waals surface area contributed by atoms with E-state index in [1.807, 2.05) is 0 Å². The maximum absolute atomic E-state index is 13.6. The normalized spacial score (nSPS) is 10.9. The van der Waals surface area contributed by atoms with Crippen LogP contribution in [0.15, 0.2) is 16.7 Å². The first-order valence-electron chi connectivity index (χ1n) is 3.55. The van der Waals surface area contributed by atoms with Gasteiger partial charge in [-0.1, -0.05) is 11.6 Å². The van der Waals surface area contributed by atoms with Crippen LogP contribution in [-0.2, 0) is 0 Å². The second-order valence-corrected chi connectivity index (χ2v) is 4.10. The van der Waals surface area contributed by atoms with Crippen molar-refractivity contribution in [1.82, 2.24) is 9.97 Å². The van der Waals surface area contributed by atoms with Crippen molar-refractivity contribution >= 4 is 50.0 Å². The first-order valence-corrected chi connectivity index (χ1v) is 5.10. The van der Waals surface area contributed by atoms with Gasteiger partial charge in [-0.15, -0.1) is 0 Å². The van der Waals surface area contributed by atoms with E-state index < -0.39 is 5.82 Å². The summed E-state index contributed by atoms with van der Waals surface area (Å²) in [5, 5.41) is 0.798. The molecule has 0 atom stereocenters. The SMILES string of the molecule is Fc1c(Br)c(Cl)cc2cnc(Cl)nc12. The van der Waals surface area contributed by atoms with Gasteiger partial charge in [0.15, 0.2) is 5.82 Å². The lowest BCUT2D eigenvalue weighted by molar-refractivity contribution is 0.630. The Balaban J connectivity index is 2.92. The van der Waals surface area contributed by atoms with Gasteiger partial charge >= 0.3 is 0 Å². The Labute approximate surface area is 97.2 Å². The average molecular weight is 296 g/mol. The Morgan fingerprint density at radius 3 is 2.79 bits per heavy atom. The number of hydrogen-bond acceptors (Lipinski definition) is 2. The molecule has 2 rings (SSSR count). The summed E-state index contributed by atoms with van der Waals surface area (Å²) in [5.74, 6) is -0.531. The molecule has 6 heteroatoms. The second-order valence-electron chi connectivity index (χ2n) is 2.56. The summed E-state index contributed by atoms with van der Waals surface area (Å²) in [5.41, 5.74) is 0.154. The van der Waals surface area contributed by atoms with Gasteiger partial charge in [-0.3, -0.25) is 0 Å². The average Bonchev–Trinajstić information content (AvgIpc) is 2.16. The monoisotopic (exact) mass is 294 g/mol. The molecule has 72 valence electrons. The van der Waals surface area contributed by atoms with Crippen LogP contribution < -0.4 is 0 Å². The van der Waals surface area contributed by atoms with Crippen LogP contribution >= 0.6 is 39.1 Å². The van der Waals surface area contributed by atoms with E-state index in [1.165, 1.54) is 6.20 Å². The Kier molecular flexibility index (Phi) is 2.60. The molecule has 1 aromatic carbocycles. The summed E-state index contributed by atoms with van der Waals surface area (Å²) in [6.45, 7) is 0. The fourth-order valence-electron chi connectivity index (χ4n) is 1.06. The van der Waals surface area contributed by atoms with E-state index in [1.54, 1.807) is 6.07 Å². The van der Waals surface area contributed by atoms with Gasteiger partial charge in [0.05, 0.1) is 9.50 Å². The molecule has 1 heterocycles. The minimum Gasteiger partial charge on any atom is -0.226 e. The molecule has 0 saturated carbocycles. The molecule has 0 saturated heterocycles. The number of hydrogen-bond donors (Lipinski definition) is 0. The molecular formula is C8H2BrCl2FN2. The van der Waals surface area contributed by atoms with Gasteiger partial charge in [0.25, 0.3) is 0 Å². The third-order valence-corrected chi connectivity index (χ3v) is 3.16. The highest BCUT2D eigenvalue weighted by atomic mass is 79.9. The highest BCUT2D eigenvalue weighted by Gasteiger charge is 2.11. The summed E-state index contributed by atoms with van der Waals surface area (Å²) in [6, 6.07) is 1.57. The van der Waals surface area contributed by atoms with Gasteiger partial charge in [0, 0.05) is 11.6 Å². The lowest BCUT2D eigenvalue weighted by atomic mass is 10.2. The van der Waals surface area contributed by atoms with E-state index in [4.69, 9.17) is 23.2 Å². The van der Waals surface area contributed by atoms with Crippen LogP contribution in [0.2, 0.25) is 10.3 Å². The van der Waals surface area contributed by atoms with Crippen LogP contribution in [0, 0.1) is 5.82 Å². The maximum Gasteiger partial charge on any atom is 0.223 e. The zero-order chi connectivity index (χ0) is 10.3. The van der Waals surface area contributed by atoms with E-state index in [0.29, 0.717) is 5.39 Å². The predicted octanol–water partition coefficient (Wildman–Crippen LogP) is 3.84. The number of aromatic nitrogens is 2. The lowest BCUT2D eigenvalue weighted by Gasteiger charge is -2.02. The zero-order valence-electron chi connectivity index (χ0n) is 6.56. The first kappa shape index (κ1) is 10.1. The van der Waals surface area contributed by atoms with Crippen molar-refractivity contribution in [1.29, 1.82) is 0 Å². The highest BCUT2D eigenvalue weighted by Crippen LogP contribution is 2.31. The molecule has 0 bridgehead atoms. The molecule has 1 aromatic heterocycles. The molecule has 0 amide bonds. The maximum atomic E-state index is 13.6.